The summed E-state index contributed by atoms with van der Waals surface area (Å²) < 4.78 is 0. The minimum atomic E-state index is -1.23. The van der Waals surface area contributed by atoms with Crippen molar-refractivity contribution in [1.29, 1.82) is 0 Å². The Hall–Kier alpha value is -2.04. The first-order valence-electron chi connectivity index (χ1n) is 6.36. The van der Waals surface area contributed by atoms with Crippen LogP contribution in [0.25, 0.3) is 0 Å². The maximum atomic E-state index is 11.6. The first kappa shape index (κ1) is 16.3. The van der Waals surface area contributed by atoms with Gasteiger partial charge in [-0.2, -0.15) is 0 Å². The summed E-state index contributed by atoms with van der Waals surface area (Å²) in [7, 11) is 0. The summed E-state index contributed by atoms with van der Waals surface area (Å²) in [4.78, 5) is 23.3. The predicted molar refractivity (Wildman–Crippen MR) is 83.7 cm³/mol. The van der Waals surface area contributed by atoms with Crippen LogP contribution in [0.5, 0.6) is 0 Å². The van der Waals surface area contributed by atoms with Gasteiger partial charge in [0.2, 0.25) is 0 Å². The summed E-state index contributed by atoms with van der Waals surface area (Å²) in [5.41, 5.74) is 0.749. The molecule has 0 saturated heterocycles. The van der Waals surface area contributed by atoms with Crippen molar-refractivity contribution in [3.8, 4) is 0 Å². The number of aliphatic carboxylic acids is 2. The number of carbonyl (C=O) groups is 2. The number of benzene rings is 2. The molecule has 4 nitrogen and oxygen atoms in total. The van der Waals surface area contributed by atoms with Crippen LogP contribution in [0.1, 0.15) is 23.0 Å². The third kappa shape index (κ3) is 3.59. The van der Waals surface area contributed by atoms with Crippen molar-refractivity contribution in [1.82, 2.24) is 0 Å². The van der Waals surface area contributed by atoms with Gasteiger partial charge in [-0.1, -0.05) is 47.5 Å². The lowest BCUT2D eigenvalue weighted by Crippen LogP contribution is -2.26. The molecule has 2 aromatic rings. The van der Waals surface area contributed by atoms with Crippen LogP contribution in [0.15, 0.2) is 48.5 Å². The minimum absolute atomic E-state index is 0.374. The van der Waals surface area contributed by atoms with Crippen LogP contribution in [0.3, 0.4) is 0 Å². The fraction of sp³-hybridized carbons (Fsp3) is 0.125. The second kappa shape index (κ2) is 6.81. The predicted octanol–water partition coefficient (Wildman–Crippen LogP) is 4.03. The molecule has 0 heterocycles. The highest BCUT2D eigenvalue weighted by molar-refractivity contribution is 6.30. The van der Waals surface area contributed by atoms with E-state index < -0.39 is 23.8 Å². The first-order chi connectivity index (χ1) is 10.4. The zero-order valence-electron chi connectivity index (χ0n) is 11.2. The number of hydrogen-bond donors (Lipinski definition) is 2. The van der Waals surface area contributed by atoms with Gasteiger partial charge >= 0.3 is 11.9 Å². The number of hydrogen-bond acceptors (Lipinski definition) is 2. The zero-order valence-corrected chi connectivity index (χ0v) is 12.8. The lowest BCUT2D eigenvalue weighted by molar-refractivity contribution is -0.147. The van der Waals surface area contributed by atoms with E-state index in [-0.39, 0.29) is 0 Å². The number of halogens is 2. The van der Waals surface area contributed by atoms with Crippen LogP contribution >= 0.6 is 23.2 Å². The molecular weight excluding hydrogens is 327 g/mol. The van der Waals surface area contributed by atoms with Crippen molar-refractivity contribution in [2.24, 2.45) is 0 Å². The molecule has 0 aliphatic rings. The fourth-order valence-electron chi connectivity index (χ4n) is 2.30. The number of carboxylic acids is 2. The second-order valence-electron chi connectivity index (χ2n) is 4.73. The van der Waals surface area contributed by atoms with Crippen molar-refractivity contribution in [2.75, 3.05) is 0 Å². The van der Waals surface area contributed by atoms with Gasteiger partial charge in [-0.05, 0) is 35.4 Å². The lowest BCUT2D eigenvalue weighted by Gasteiger charge is -2.21. The van der Waals surface area contributed by atoms with Crippen molar-refractivity contribution >= 4 is 35.1 Å². The van der Waals surface area contributed by atoms with Crippen LogP contribution in [0, 0.1) is 0 Å². The SMILES string of the molecule is O=C(O)[C@H](c1ccc(Cl)cc1)[C@H](C(=O)O)c1ccc(Cl)cc1. The third-order valence-electron chi connectivity index (χ3n) is 3.32. The zero-order chi connectivity index (χ0) is 16.3. The van der Waals surface area contributed by atoms with Crippen molar-refractivity contribution in [3.63, 3.8) is 0 Å². The van der Waals surface area contributed by atoms with E-state index in [2.05, 4.69) is 0 Å². The fourth-order valence-corrected chi connectivity index (χ4v) is 2.55. The van der Waals surface area contributed by atoms with E-state index >= 15 is 0 Å². The molecule has 0 unspecified atom stereocenters. The smallest absolute Gasteiger partial charge is 0.312 e. The molecule has 2 atom stereocenters. The molecule has 2 aromatic carbocycles. The maximum absolute atomic E-state index is 11.6. The van der Waals surface area contributed by atoms with Gasteiger partial charge in [-0.15, -0.1) is 0 Å². The summed E-state index contributed by atoms with van der Waals surface area (Å²) in [6, 6.07) is 12.2. The van der Waals surface area contributed by atoms with E-state index in [1.165, 1.54) is 48.5 Å². The van der Waals surface area contributed by atoms with Gasteiger partial charge in [0, 0.05) is 10.0 Å². The topological polar surface area (TPSA) is 74.6 Å². The van der Waals surface area contributed by atoms with Crippen molar-refractivity contribution in [3.05, 3.63) is 69.7 Å². The Morgan fingerprint density at radius 1 is 0.682 bits per heavy atom. The Balaban J connectivity index is 2.51. The summed E-state index contributed by atoms with van der Waals surface area (Å²) in [6.45, 7) is 0. The second-order valence-corrected chi connectivity index (χ2v) is 5.61. The van der Waals surface area contributed by atoms with E-state index in [1.54, 1.807) is 0 Å². The quantitative estimate of drug-likeness (QED) is 0.862. The Morgan fingerprint density at radius 2 is 0.955 bits per heavy atom. The van der Waals surface area contributed by atoms with Crippen molar-refractivity contribution < 1.29 is 19.8 Å². The molecule has 0 aliphatic heterocycles. The molecule has 6 heteroatoms. The summed E-state index contributed by atoms with van der Waals surface area (Å²) in [5.74, 6) is -4.89. The molecule has 0 saturated carbocycles. The van der Waals surface area contributed by atoms with Crippen LogP contribution in [0.2, 0.25) is 10.0 Å². The highest BCUT2D eigenvalue weighted by atomic mass is 35.5. The van der Waals surface area contributed by atoms with E-state index in [4.69, 9.17) is 23.2 Å². The van der Waals surface area contributed by atoms with Gasteiger partial charge < -0.3 is 10.2 Å². The third-order valence-corrected chi connectivity index (χ3v) is 3.83. The lowest BCUT2D eigenvalue weighted by atomic mass is 9.81. The van der Waals surface area contributed by atoms with Crippen LogP contribution in [-0.2, 0) is 9.59 Å². The van der Waals surface area contributed by atoms with Gasteiger partial charge in [0.1, 0.15) is 0 Å². The molecule has 0 bridgehead atoms. The average Bonchev–Trinajstić information content (AvgIpc) is 2.46. The normalized spacial score (nSPS) is 13.4. The van der Waals surface area contributed by atoms with Gasteiger partial charge in [0.25, 0.3) is 0 Å². The summed E-state index contributed by atoms with van der Waals surface area (Å²) in [6.07, 6.45) is 0. The molecule has 0 fully saturated rings. The molecule has 114 valence electrons. The highest BCUT2D eigenvalue weighted by Crippen LogP contribution is 2.34. The molecule has 0 aliphatic carbocycles. The maximum Gasteiger partial charge on any atom is 0.312 e. The van der Waals surface area contributed by atoms with E-state index in [1.807, 2.05) is 0 Å². The first-order valence-corrected chi connectivity index (χ1v) is 7.12. The van der Waals surface area contributed by atoms with Gasteiger partial charge in [-0.3, -0.25) is 9.59 Å². The molecule has 0 amide bonds. The van der Waals surface area contributed by atoms with Gasteiger partial charge in [0.15, 0.2) is 0 Å². The van der Waals surface area contributed by atoms with Crippen molar-refractivity contribution in [2.45, 2.75) is 11.8 Å². The number of rotatable bonds is 5. The van der Waals surface area contributed by atoms with E-state index in [0.717, 1.165) is 0 Å². The van der Waals surface area contributed by atoms with Crippen LogP contribution < -0.4 is 0 Å². The molecule has 0 aromatic heterocycles. The molecule has 0 spiro atoms. The van der Waals surface area contributed by atoms with E-state index in [9.17, 15) is 19.8 Å². The van der Waals surface area contributed by atoms with Gasteiger partial charge in [-0.25, -0.2) is 0 Å². The number of carboxylic acid groups (broad SMARTS) is 2. The van der Waals surface area contributed by atoms with Gasteiger partial charge in [0.05, 0.1) is 11.8 Å². The largest absolute Gasteiger partial charge is 0.481 e. The monoisotopic (exact) mass is 338 g/mol. The minimum Gasteiger partial charge on any atom is -0.481 e. The summed E-state index contributed by atoms with van der Waals surface area (Å²) in [5, 5.41) is 19.9. The van der Waals surface area contributed by atoms with Crippen LogP contribution in [0.4, 0.5) is 0 Å². The Bertz CT molecular complexity index is 619. The Labute approximate surface area is 136 Å². The molecule has 2 N–H and O–H groups in total. The van der Waals surface area contributed by atoms with E-state index in [0.29, 0.717) is 21.2 Å². The van der Waals surface area contributed by atoms with Crippen LogP contribution in [-0.4, -0.2) is 22.2 Å². The Kier molecular flexibility index (Phi) is 5.06. The molecule has 0 radical (unpaired) electrons. The highest BCUT2D eigenvalue weighted by Gasteiger charge is 2.36. The summed E-state index contributed by atoms with van der Waals surface area (Å²) >= 11 is 11.6. The molecule has 2 rings (SSSR count). The molecule has 22 heavy (non-hydrogen) atoms. The average molecular weight is 339 g/mol. The molecular formula is C16H12Cl2O4. The Morgan fingerprint density at radius 3 is 1.18 bits per heavy atom. The standard InChI is InChI=1S/C16H12Cl2O4/c17-11-5-1-9(2-6-11)13(15(19)20)14(16(21)22)10-3-7-12(18)8-4-10/h1-8,13-14H,(H,19,20)(H,21,22)/t13-,14-/m1/s1.